The van der Waals surface area contributed by atoms with Crippen LogP contribution >= 0.6 is 0 Å². The summed E-state index contributed by atoms with van der Waals surface area (Å²) in [6, 6.07) is 0.587. The van der Waals surface area contributed by atoms with Crippen LogP contribution in [0.4, 0.5) is 0 Å². The Balaban J connectivity index is 1.98. The van der Waals surface area contributed by atoms with Crippen LogP contribution in [0.2, 0.25) is 0 Å². The maximum absolute atomic E-state index is 5.82. The molecule has 1 N–H and O–H groups in total. The van der Waals surface area contributed by atoms with Gasteiger partial charge in [0.1, 0.15) is 0 Å². The van der Waals surface area contributed by atoms with Crippen molar-refractivity contribution in [2.24, 2.45) is 0 Å². The summed E-state index contributed by atoms with van der Waals surface area (Å²) in [6.07, 6.45) is 8.41. The molecular weight excluding hydrogens is 162 g/mol. The van der Waals surface area contributed by atoms with E-state index in [1.165, 1.54) is 32.1 Å². The molecule has 0 radical (unpaired) electrons. The summed E-state index contributed by atoms with van der Waals surface area (Å²) < 4.78 is 5.82. The van der Waals surface area contributed by atoms with Crippen molar-refractivity contribution in [1.82, 2.24) is 5.32 Å². The van der Waals surface area contributed by atoms with Crippen LogP contribution in [0, 0.1) is 0 Å². The van der Waals surface area contributed by atoms with E-state index in [4.69, 9.17) is 4.74 Å². The third kappa shape index (κ3) is 4.63. The van der Waals surface area contributed by atoms with Crippen molar-refractivity contribution in [3.63, 3.8) is 0 Å². The molecule has 0 saturated heterocycles. The zero-order chi connectivity index (χ0) is 9.52. The van der Waals surface area contributed by atoms with Gasteiger partial charge in [0.05, 0.1) is 6.10 Å². The highest BCUT2D eigenvalue weighted by Gasteiger charge is 2.13. The van der Waals surface area contributed by atoms with E-state index in [9.17, 15) is 0 Å². The summed E-state index contributed by atoms with van der Waals surface area (Å²) in [6.45, 7) is 3.12. The van der Waals surface area contributed by atoms with E-state index in [2.05, 4.69) is 12.2 Å². The average Bonchev–Trinajstić information content (AvgIpc) is 2.19. The second-order valence-electron chi connectivity index (χ2n) is 4.11. The fourth-order valence-corrected chi connectivity index (χ4v) is 1.79. The van der Waals surface area contributed by atoms with E-state index in [-0.39, 0.29) is 0 Å². The van der Waals surface area contributed by atoms with Crippen LogP contribution in [0.25, 0.3) is 0 Å². The van der Waals surface area contributed by atoms with E-state index >= 15 is 0 Å². The normalized spacial score (nSPS) is 21.7. The Bertz CT molecular complexity index is 121. The van der Waals surface area contributed by atoms with Crippen LogP contribution in [0.15, 0.2) is 0 Å². The number of hydrogen-bond donors (Lipinski definition) is 1. The molecule has 0 bridgehead atoms. The maximum atomic E-state index is 5.82. The van der Waals surface area contributed by atoms with E-state index < -0.39 is 0 Å². The molecule has 0 aromatic heterocycles. The zero-order valence-corrected chi connectivity index (χ0v) is 9.01. The summed E-state index contributed by atoms with van der Waals surface area (Å²) in [7, 11) is 2.01. The molecule has 1 fully saturated rings. The lowest BCUT2D eigenvalue weighted by atomic mass is 9.98. The first-order valence-corrected chi connectivity index (χ1v) is 5.62. The second-order valence-corrected chi connectivity index (χ2v) is 4.11. The largest absolute Gasteiger partial charge is 0.378 e. The molecule has 0 amide bonds. The van der Waals surface area contributed by atoms with Gasteiger partial charge in [-0.15, -0.1) is 0 Å². The highest BCUT2D eigenvalue weighted by molar-refractivity contribution is 4.65. The Labute approximate surface area is 82.0 Å². The van der Waals surface area contributed by atoms with E-state index in [1.54, 1.807) is 0 Å². The number of hydrogen-bond acceptors (Lipinski definition) is 2. The Kier molecular flexibility index (Phi) is 5.40. The highest BCUT2D eigenvalue weighted by atomic mass is 16.5. The Morgan fingerprint density at radius 3 is 2.62 bits per heavy atom. The molecule has 2 nitrogen and oxygen atoms in total. The Morgan fingerprint density at radius 2 is 2.00 bits per heavy atom. The van der Waals surface area contributed by atoms with Gasteiger partial charge in [-0.3, -0.25) is 0 Å². The predicted molar refractivity (Wildman–Crippen MR) is 56.0 cm³/mol. The minimum absolute atomic E-state index is 0.567. The summed E-state index contributed by atoms with van der Waals surface area (Å²) >= 11 is 0. The number of ether oxygens (including phenoxy) is 1. The van der Waals surface area contributed by atoms with Gasteiger partial charge < -0.3 is 10.1 Å². The lowest BCUT2D eigenvalue weighted by Gasteiger charge is -2.22. The molecule has 2 heteroatoms. The first-order chi connectivity index (χ1) is 6.33. The van der Waals surface area contributed by atoms with Crippen LogP contribution < -0.4 is 5.32 Å². The van der Waals surface area contributed by atoms with Gasteiger partial charge >= 0.3 is 0 Å². The molecule has 1 aliphatic carbocycles. The summed E-state index contributed by atoms with van der Waals surface area (Å²) in [5.41, 5.74) is 0. The minimum Gasteiger partial charge on any atom is -0.378 e. The predicted octanol–water partition coefficient (Wildman–Crippen LogP) is 2.33. The van der Waals surface area contributed by atoms with Gasteiger partial charge in [0.2, 0.25) is 0 Å². The first kappa shape index (κ1) is 11.0. The van der Waals surface area contributed by atoms with Crippen molar-refractivity contribution >= 4 is 0 Å². The molecule has 1 unspecified atom stereocenters. The van der Waals surface area contributed by atoms with E-state index in [0.717, 1.165) is 13.0 Å². The summed E-state index contributed by atoms with van der Waals surface area (Å²) in [4.78, 5) is 0. The molecule has 1 aliphatic rings. The Hall–Kier alpha value is -0.0800. The fraction of sp³-hybridized carbons (Fsp3) is 1.00. The molecule has 0 aromatic carbocycles. The Morgan fingerprint density at radius 1 is 1.31 bits per heavy atom. The highest BCUT2D eigenvalue weighted by Crippen LogP contribution is 2.20. The van der Waals surface area contributed by atoms with Crippen LogP contribution in [0.5, 0.6) is 0 Å². The molecule has 0 aliphatic heterocycles. The molecule has 0 heterocycles. The van der Waals surface area contributed by atoms with Gasteiger partial charge in [0, 0.05) is 12.6 Å². The minimum atomic E-state index is 0.567. The van der Waals surface area contributed by atoms with Gasteiger partial charge in [-0.2, -0.15) is 0 Å². The average molecular weight is 185 g/mol. The summed E-state index contributed by atoms with van der Waals surface area (Å²) in [5, 5.41) is 3.22. The van der Waals surface area contributed by atoms with Gasteiger partial charge in [-0.1, -0.05) is 19.3 Å². The standard InChI is InChI=1S/C11H23NO/c1-10(12-2)8-9-13-11-6-4-3-5-7-11/h10-12H,3-9H2,1-2H3. The molecule has 0 spiro atoms. The van der Waals surface area contributed by atoms with Crippen molar-refractivity contribution in [3.8, 4) is 0 Å². The van der Waals surface area contributed by atoms with Crippen LogP contribution in [-0.2, 0) is 4.74 Å². The van der Waals surface area contributed by atoms with Crippen molar-refractivity contribution in [2.45, 2.75) is 57.6 Å². The third-order valence-electron chi connectivity index (χ3n) is 2.95. The van der Waals surface area contributed by atoms with Gasteiger partial charge in [0.15, 0.2) is 0 Å². The van der Waals surface area contributed by atoms with Crippen molar-refractivity contribution in [1.29, 1.82) is 0 Å². The van der Waals surface area contributed by atoms with Gasteiger partial charge in [-0.25, -0.2) is 0 Å². The first-order valence-electron chi connectivity index (χ1n) is 5.62. The smallest absolute Gasteiger partial charge is 0.0575 e. The van der Waals surface area contributed by atoms with Crippen molar-refractivity contribution in [3.05, 3.63) is 0 Å². The molecule has 1 saturated carbocycles. The quantitative estimate of drug-likeness (QED) is 0.710. The lowest BCUT2D eigenvalue weighted by molar-refractivity contribution is 0.0244. The fourth-order valence-electron chi connectivity index (χ4n) is 1.79. The molecule has 0 aromatic rings. The maximum Gasteiger partial charge on any atom is 0.0575 e. The van der Waals surface area contributed by atoms with Gasteiger partial charge in [-0.05, 0) is 33.2 Å². The van der Waals surface area contributed by atoms with Crippen molar-refractivity contribution in [2.75, 3.05) is 13.7 Å². The zero-order valence-electron chi connectivity index (χ0n) is 9.01. The lowest BCUT2D eigenvalue weighted by Crippen LogP contribution is -2.25. The second kappa shape index (κ2) is 6.39. The SMILES string of the molecule is CNC(C)CCOC1CCCCC1. The van der Waals surface area contributed by atoms with Crippen LogP contribution in [-0.4, -0.2) is 25.8 Å². The number of rotatable bonds is 5. The molecule has 78 valence electrons. The summed E-state index contributed by atoms with van der Waals surface area (Å²) in [5.74, 6) is 0. The van der Waals surface area contributed by atoms with E-state index in [1.807, 2.05) is 7.05 Å². The number of nitrogens with one attached hydrogen (secondary N) is 1. The van der Waals surface area contributed by atoms with Gasteiger partial charge in [0.25, 0.3) is 0 Å². The van der Waals surface area contributed by atoms with Crippen LogP contribution in [0.1, 0.15) is 45.4 Å². The monoisotopic (exact) mass is 185 g/mol. The van der Waals surface area contributed by atoms with E-state index in [0.29, 0.717) is 12.1 Å². The molecular formula is C11H23NO. The molecule has 1 rings (SSSR count). The third-order valence-corrected chi connectivity index (χ3v) is 2.95. The molecule has 13 heavy (non-hydrogen) atoms. The topological polar surface area (TPSA) is 21.3 Å². The van der Waals surface area contributed by atoms with Crippen molar-refractivity contribution < 1.29 is 4.74 Å². The van der Waals surface area contributed by atoms with Crippen LogP contribution in [0.3, 0.4) is 0 Å². The molecule has 1 atom stereocenters.